The van der Waals surface area contributed by atoms with Crippen molar-refractivity contribution in [3.05, 3.63) is 77.5 Å². The monoisotopic (exact) mass is 461 g/mol. The Balaban J connectivity index is 1.44. The smallest absolute Gasteiger partial charge is 0.305 e. The van der Waals surface area contributed by atoms with Crippen LogP contribution in [0.3, 0.4) is 0 Å². The molecule has 0 spiro atoms. The summed E-state index contributed by atoms with van der Waals surface area (Å²) in [7, 11) is 0. The molecule has 0 bridgehead atoms. The number of para-hydroxylation sites is 1. The number of nitrogens with zero attached hydrogens (tertiary/aromatic N) is 3. The topological polar surface area (TPSA) is 111 Å². The molecular weight excluding hydrogens is 434 g/mol. The van der Waals surface area contributed by atoms with Gasteiger partial charge in [-0.05, 0) is 50.1 Å². The molecule has 0 saturated heterocycles. The molecule has 0 fully saturated rings. The van der Waals surface area contributed by atoms with Crippen molar-refractivity contribution in [2.45, 2.75) is 46.3 Å². The number of rotatable bonds is 7. The highest BCUT2D eigenvalue weighted by molar-refractivity contribution is 6.06. The zero-order valence-corrected chi connectivity index (χ0v) is 19.5. The van der Waals surface area contributed by atoms with Crippen LogP contribution < -0.4 is 15.6 Å². The van der Waals surface area contributed by atoms with Gasteiger partial charge in [0.05, 0.1) is 17.1 Å². The standard InChI is InChI=1S/C25H27N5O4/c1-15(2)21-12-19(20-13-26-30(16(3)4)23(20)27-21)24(31)28-29-25(32)22-11-10-18(34-22)14-33-17-8-6-5-7-9-17/h5-13,15-16H,14H2,1-4H3,(H,28,31)(H,29,32). The van der Waals surface area contributed by atoms with Crippen LogP contribution in [0, 0.1) is 0 Å². The van der Waals surface area contributed by atoms with E-state index in [0.717, 1.165) is 5.69 Å². The van der Waals surface area contributed by atoms with Gasteiger partial charge in [0.1, 0.15) is 18.1 Å². The van der Waals surface area contributed by atoms with E-state index in [1.54, 1.807) is 23.0 Å². The van der Waals surface area contributed by atoms with Gasteiger partial charge in [-0.1, -0.05) is 32.0 Å². The van der Waals surface area contributed by atoms with Crippen molar-refractivity contribution in [3.63, 3.8) is 0 Å². The molecule has 2 amide bonds. The Morgan fingerprint density at radius 1 is 1.03 bits per heavy atom. The van der Waals surface area contributed by atoms with Crippen LogP contribution in [-0.4, -0.2) is 26.6 Å². The fourth-order valence-corrected chi connectivity index (χ4v) is 3.39. The van der Waals surface area contributed by atoms with Gasteiger partial charge < -0.3 is 9.15 Å². The number of aromatic nitrogens is 3. The van der Waals surface area contributed by atoms with Crippen molar-refractivity contribution in [1.29, 1.82) is 0 Å². The highest BCUT2D eigenvalue weighted by Gasteiger charge is 2.20. The van der Waals surface area contributed by atoms with Gasteiger partial charge in [-0.25, -0.2) is 9.67 Å². The summed E-state index contributed by atoms with van der Waals surface area (Å²) in [6.45, 7) is 8.18. The van der Waals surface area contributed by atoms with Crippen LogP contribution >= 0.6 is 0 Å². The SMILES string of the molecule is CC(C)c1cc(C(=O)NNC(=O)c2ccc(COc3ccccc3)o2)c2cnn(C(C)C)c2n1. The first-order valence-electron chi connectivity index (χ1n) is 11.1. The zero-order valence-electron chi connectivity index (χ0n) is 19.5. The fourth-order valence-electron chi connectivity index (χ4n) is 3.39. The summed E-state index contributed by atoms with van der Waals surface area (Å²) >= 11 is 0. The molecule has 3 aromatic heterocycles. The molecule has 2 N–H and O–H groups in total. The van der Waals surface area contributed by atoms with E-state index in [1.165, 1.54) is 6.07 Å². The minimum absolute atomic E-state index is 0.0577. The maximum absolute atomic E-state index is 13.0. The van der Waals surface area contributed by atoms with Gasteiger partial charge in [-0.3, -0.25) is 20.4 Å². The fraction of sp³-hybridized carbons (Fsp3) is 0.280. The summed E-state index contributed by atoms with van der Waals surface area (Å²) < 4.78 is 12.9. The molecule has 3 heterocycles. The molecule has 4 rings (SSSR count). The van der Waals surface area contributed by atoms with E-state index in [9.17, 15) is 9.59 Å². The van der Waals surface area contributed by atoms with E-state index in [1.807, 2.05) is 58.0 Å². The lowest BCUT2D eigenvalue weighted by Crippen LogP contribution is -2.41. The minimum Gasteiger partial charge on any atom is -0.486 e. The van der Waals surface area contributed by atoms with E-state index < -0.39 is 11.8 Å². The molecule has 34 heavy (non-hydrogen) atoms. The van der Waals surface area contributed by atoms with Crippen LogP contribution in [0.5, 0.6) is 5.75 Å². The maximum atomic E-state index is 13.0. The predicted octanol–water partition coefficient (Wildman–Crippen LogP) is 4.38. The average Bonchev–Trinajstić information content (AvgIpc) is 3.48. The van der Waals surface area contributed by atoms with Crippen LogP contribution in [-0.2, 0) is 6.61 Å². The predicted molar refractivity (Wildman–Crippen MR) is 126 cm³/mol. The van der Waals surface area contributed by atoms with Crippen molar-refractivity contribution in [3.8, 4) is 5.75 Å². The van der Waals surface area contributed by atoms with Gasteiger partial charge in [0.15, 0.2) is 11.4 Å². The number of nitrogens with one attached hydrogen (secondary N) is 2. The van der Waals surface area contributed by atoms with Crippen LogP contribution in [0.25, 0.3) is 11.0 Å². The Bertz CT molecular complexity index is 1310. The lowest BCUT2D eigenvalue weighted by molar-refractivity contribution is 0.0829. The van der Waals surface area contributed by atoms with Gasteiger partial charge in [-0.2, -0.15) is 5.10 Å². The second-order valence-electron chi connectivity index (χ2n) is 8.45. The van der Waals surface area contributed by atoms with E-state index >= 15 is 0 Å². The molecule has 1 aromatic carbocycles. The number of carbonyl (C=O) groups excluding carboxylic acids is 2. The number of furan rings is 1. The van der Waals surface area contributed by atoms with Crippen LogP contribution in [0.1, 0.15) is 72.0 Å². The lowest BCUT2D eigenvalue weighted by Gasteiger charge is -2.12. The second-order valence-corrected chi connectivity index (χ2v) is 8.45. The Labute approximate surface area is 197 Å². The molecular formula is C25H27N5O4. The first kappa shape index (κ1) is 23.0. The van der Waals surface area contributed by atoms with E-state index in [2.05, 4.69) is 16.0 Å². The minimum atomic E-state index is -0.577. The van der Waals surface area contributed by atoms with Crippen molar-refractivity contribution >= 4 is 22.8 Å². The number of benzene rings is 1. The molecule has 0 aliphatic carbocycles. The summed E-state index contributed by atoms with van der Waals surface area (Å²) in [5.74, 6) is 0.306. The molecule has 9 heteroatoms. The second kappa shape index (κ2) is 9.78. The number of carbonyl (C=O) groups is 2. The number of hydrogen-bond donors (Lipinski definition) is 2. The van der Waals surface area contributed by atoms with Crippen molar-refractivity contribution in [2.24, 2.45) is 0 Å². The van der Waals surface area contributed by atoms with Gasteiger partial charge in [-0.15, -0.1) is 0 Å². The number of fused-ring (bicyclic) bond motifs is 1. The Morgan fingerprint density at radius 2 is 1.76 bits per heavy atom. The highest BCUT2D eigenvalue weighted by atomic mass is 16.5. The summed E-state index contributed by atoms with van der Waals surface area (Å²) in [4.78, 5) is 30.2. The van der Waals surface area contributed by atoms with Gasteiger partial charge in [0, 0.05) is 11.7 Å². The first-order valence-corrected chi connectivity index (χ1v) is 11.1. The average molecular weight is 462 g/mol. The quantitative estimate of drug-likeness (QED) is 0.395. The molecule has 0 aliphatic rings. The molecule has 0 radical (unpaired) electrons. The number of pyridine rings is 1. The third-order valence-electron chi connectivity index (χ3n) is 5.21. The number of amides is 2. The summed E-state index contributed by atoms with van der Waals surface area (Å²) in [5.41, 5.74) is 6.66. The van der Waals surface area contributed by atoms with Crippen LogP contribution in [0.2, 0.25) is 0 Å². The highest BCUT2D eigenvalue weighted by Crippen LogP contribution is 2.24. The van der Waals surface area contributed by atoms with E-state index in [0.29, 0.717) is 28.1 Å². The first-order chi connectivity index (χ1) is 16.3. The van der Waals surface area contributed by atoms with Gasteiger partial charge >= 0.3 is 5.91 Å². The summed E-state index contributed by atoms with van der Waals surface area (Å²) in [6, 6.07) is 14.3. The number of hydrazine groups is 1. The van der Waals surface area contributed by atoms with Gasteiger partial charge in [0.2, 0.25) is 0 Å². The van der Waals surface area contributed by atoms with Crippen LogP contribution in [0.4, 0.5) is 0 Å². The van der Waals surface area contributed by atoms with Gasteiger partial charge in [0.25, 0.3) is 5.91 Å². The van der Waals surface area contributed by atoms with Crippen molar-refractivity contribution in [2.75, 3.05) is 0 Å². The number of ether oxygens (including phenoxy) is 1. The summed E-state index contributed by atoms with van der Waals surface area (Å²) in [6.07, 6.45) is 1.62. The normalized spacial score (nSPS) is 11.2. The van der Waals surface area contributed by atoms with Crippen molar-refractivity contribution < 1.29 is 18.7 Å². The molecule has 4 aromatic rings. The Hall–Kier alpha value is -4.14. The Morgan fingerprint density at radius 3 is 2.47 bits per heavy atom. The molecule has 0 atom stereocenters. The summed E-state index contributed by atoms with van der Waals surface area (Å²) in [5, 5.41) is 5.00. The molecule has 9 nitrogen and oxygen atoms in total. The number of hydrogen-bond acceptors (Lipinski definition) is 6. The lowest BCUT2D eigenvalue weighted by atomic mass is 10.1. The van der Waals surface area contributed by atoms with Crippen LogP contribution in [0.15, 0.2) is 59.1 Å². The van der Waals surface area contributed by atoms with Crippen molar-refractivity contribution in [1.82, 2.24) is 25.6 Å². The zero-order chi connectivity index (χ0) is 24.2. The largest absolute Gasteiger partial charge is 0.486 e. The molecule has 0 saturated carbocycles. The molecule has 0 unspecified atom stereocenters. The molecule has 0 aliphatic heterocycles. The van der Waals surface area contributed by atoms with E-state index in [-0.39, 0.29) is 24.3 Å². The Kier molecular flexibility index (Phi) is 6.62. The third-order valence-corrected chi connectivity index (χ3v) is 5.21. The molecule has 176 valence electrons. The maximum Gasteiger partial charge on any atom is 0.305 e. The third kappa shape index (κ3) is 4.93. The van der Waals surface area contributed by atoms with E-state index in [4.69, 9.17) is 14.1 Å².